The Morgan fingerprint density at radius 3 is 2.48 bits per heavy atom. The van der Waals surface area contributed by atoms with E-state index in [-0.39, 0.29) is 5.78 Å². The van der Waals surface area contributed by atoms with E-state index in [1.54, 1.807) is 18.2 Å². The molecule has 0 radical (unpaired) electrons. The van der Waals surface area contributed by atoms with Crippen LogP contribution in [0.4, 0.5) is 13.2 Å². The van der Waals surface area contributed by atoms with E-state index in [0.717, 1.165) is 17.7 Å². The molecule has 0 atom stereocenters. The van der Waals surface area contributed by atoms with Gasteiger partial charge in [-0.25, -0.2) is 0 Å². The molecule has 0 N–H and O–H groups in total. The summed E-state index contributed by atoms with van der Waals surface area (Å²) in [7, 11) is 0. The average molecular weight is 288 g/mol. The van der Waals surface area contributed by atoms with E-state index in [2.05, 4.69) is 0 Å². The number of benzene rings is 2. The number of allylic oxidation sites excluding steroid dienone is 1. The van der Waals surface area contributed by atoms with Crippen LogP contribution < -0.4 is 0 Å². The Bertz CT molecular complexity index is 742. The van der Waals surface area contributed by atoms with Gasteiger partial charge in [-0.05, 0) is 29.3 Å². The fourth-order valence-electron chi connectivity index (χ4n) is 2.48. The van der Waals surface area contributed by atoms with Crippen LogP contribution >= 0.6 is 0 Å². The van der Waals surface area contributed by atoms with Crippen molar-refractivity contribution in [2.75, 3.05) is 0 Å². The number of Topliss-reactive ketones (excluding diaryl/α,β-unsaturated/α-hetero) is 1. The number of ketones is 1. The van der Waals surface area contributed by atoms with Gasteiger partial charge in [0.1, 0.15) is 0 Å². The normalized spacial score (nSPS) is 16.3. The van der Waals surface area contributed by atoms with Crippen LogP contribution in [0.2, 0.25) is 0 Å². The summed E-state index contributed by atoms with van der Waals surface area (Å²) in [6.07, 6.45) is -2.38. The van der Waals surface area contributed by atoms with Crippen molar-refractivity contribution in [1.29, 1.82) is 0 Å². The Morgan fingerprint density at radius 2 is 1.76 bits per heavy atom. The zero-order valence-corrected chi connectivity index (χ0v) is 10.9. The lowest BCUT2D eigenvalue weighted by Crippen LogP contribution is -2.04. The highest BCUT2D eigenvalue weighted by atomic mass is 19.4. The first-order chi connectivity index (χ1) is 9.95. The highest BCUT2D eigenvalue weighted by Gasteiger charge is 2.30. The molecule has 4 heteroatoms. The fourth-order valence-corrected chi connectivity index (χ4v) is 2.48. The summed E-state index contributed by atoms with van der Waals surface area (Å²) < 4.78 is 38.1. The number of halogens is 3. The molecule has 0 aromatic heterocycles. The lowest BCUT2D eigenvalue weighted by atomic mass is 10.1. The molecule has 0 bridgehead atoms. The summed E-state index contributed by atoms with van der Waals surface area (Å²) in [5, 5.41) is 0. The second kappa shape index (κ2) is 4.88. The molecule has 0 fully saturated rings. The van der Waals surface area contributed by atoms with Gasteiger partial charge in [0.05, 0.1) is 5.56 Å². The van der Waals surface area contributed by atoms with E-state index < -0.39 is 11.7 Å². The third-order valence-electron chi connectivity index (χ3n) is 3.49. The Hall–Kier alpha value is -2.36. The van der Waals surface area contributed by atoms with Crippen LogP contribution in [0.25, 0.3) is 6.08 Å². The largest absolute Gasteiger partial charge is 0.416 e. The number of hydrogen-bond acceptors (Lipinski definition) is 1. The van der Waals surface area contributed by atoms with Crippen LogP contribution in [0.5, 0.6) is 0 Å². The highest BCUT2D eigenvalue weighted by molar-refractivity contribution is 6.15. The summed E-state index contributed by atoms with van der Waals surface area (Å²) >= 11 is 0. The van der Waals surface area contributed by atoms with Crippen LogP contribution in [0, 0.1) is 0 Å². The van der Waals surface area contributed by atoms with E-state index in [0.29, 0.717) is 23.1 Å². The van der Waals surface area contributed by atoms with Crippen molar-refractivity contribution in [2.24, 2.45) is 0 Å². The van der Waals surface area contributed by atoms with Gasteiger partial charge < -0.3 is 0 Å². The van der Waals surface area contributed by atoms with Crippen molar-refractivity contribution in [3.8, 4) is 0 Å². The van der Waals surface area contributed by atoms with Crippen molar-refractivity contribution < 1.29 is 18.0 Å². The van der Waals surface area contributed by atoms with E-state index in [1.807, 2.05) is 12.1 Å². The number of fused-ring (bicyclic) bond motifs is 1. The van der Waals surface area contributed by atoms with E-state index in [1.165, 1.54) is 12.1 Å². The molecular weight excluding hydrogens is 277 g/mol. The number of rotatable bonds is 1. The molecule has 0 unspecified atom stereocenters. The quantitative estimate of drug-likeness (QED) is 0.705. The maximum atomic E-state index is 12.7. The smallest absolute Gasteiger partial charge is 0.289 e. The summed E-state index contributed by atoms with van der Waals surface area (Å²) in [5.74, 6) is -0.108. The van der Waals surface area contributed by atoms with Crippen molar-refractivity contribution in [3.05, 3.63) is 76.4 Å². The van der Waals surface area contributed by atoms with Crippen molar-refractivity contribution >= 4 is 11.9 Å². The second-order valence-electron chi connectivity index (χ2n) is 4.96. The van der Waals surface area contributed by atoms with Gasteiger partial charge in [0.25, 0.3) is 0 Å². The molecule has 0 saturated carbocycles. The molecule has 21 heavy (non-hydrogen) atoms. The predicted molar refractivity (Wildman–Crippen MR) is 73.9 cm³/mol. The Balaban J connectivity index is 1.96. The van der Waals surface area contributed by atoms with Crippen molar-refractivity contribution in [1.82, 2.24) is 0 Å². The number of alkyl halides is 3. The highest BCUT2D eigenvalue weighted by Crippen LogP contribution is 2.31. The van der Waals surface area contributed by atoms with E-state index in [4.69, 9.17) is 0 Å². The van der Waals surface area contributed by atoms with Crippen LogP contribution in [0.15, 0.2) is 54.1 Å². The summed E-state index contributed by atoms with van der Waals surface area (Å²) in [4.78, 5) is 12.2. The predicted octanol–water partition coefficient (Wildman–Crippen LogP) is 4.53. The van der Waals surface area contributed by atoms with Crippen molar-refractivity contribution in [2.45, 2.75) is 12.6 Å². The maximum absolute atomic E-state index is 12.7. The van der Waals surface area contributed by atoms with Gasteiger partial charge in [0.2, 0.25) is 0 Å². The third-order valence-corrected chi connectivity index (χ3v) is 3.49. The Kier molecular flexibility index (Phi) is 3.16. The summed E-state index contributed by atoms with van der Waals surface area (Å²) in [6, 6.07) is 12.2. The first-order valence-corrected chi connectivity index (χ1v) is 6.45. The fraction of sp³-hybridized carbons (Fsp3) is 0.118. The molecule has 0 saturated heterocycles. The van der Waals surface area contributed by atoms with Crippen molar-refractivity contribution in [3.63, 3.8) is 0 Å². The number of carbonyl (C=O) groups excluding carboxylic acids is 1. The van der Waals surface area contributed by atoms with Gasteiger partial charge >= 0.3 is 6.18 Å². The molecule has 0 spiro atoms. The minimum Gasteiger partial charge on any atom is -0.289 e. The molecule has 3 rings (SSSR count). The lowest BCUT2D eigenvalue weighted by molar-refractivity contribution is -0.137. The molecule has 106 valence electrons. The zero-order chi connectivity index (χ0) is 15.0. The molecule has 0 aliphatic heterocycles. The summed E-state index contributed by atoms with van der Waals surface area (Å²) in [5.41, 5.74) is 1.76. The lowest BCUT2D eigenvalue weighted by Gasteiger charge is -2.07. The topological polar surface area (TPSA) is 17.1 Å². The average Bonchev–Trinajstić information content (AvgIpc) is 2.75. The van der Waals surface area contributed by atoms with Gasteiger partial charge in [-0.15, -0.1) is 0 Å². The molecule has 0 heterocycles. The van der Waals surface area contributed by atoms with Crippen LogP contribution in [-0.2, 0) is 12.6 Å². The first-order valence-electron chi connectivity index (χ1n) is 6.45. The zero-order valence-electron chi connectivity index (χ0n) is 10.9. The molecule has 2 aromatic rings. The Labute approximate surface area is 119 Å². The van der Waals surface area contributed by atoms with Crippen LogP contribution in [0.3, 0.4) is 0 Å². The van der Waals surface area contributed by atoms with Gasteiger partial charge in [-0.1, -0.05) is 36.4 Å². The third kappa shape index (κ3) is 2.61. The Morgan fingerprint density at radius 1 is 1.00 bits per heavy atom. The molecule has 1 aliphatic rings. The van der Waals surface area contributed by atoms with E-state index in [9.17, 15) is 18.0 Å². The second-order valence-corrected chi connectivity index (χ2v) is 4.96. The standard InChI is InChI=1S/C17H11F3O/c18-17(19,20)14-6-3-4-11(9-14)8-13-10-12-5-1-2-7-15(12)16(13)21/h1-9H,10H2/b13-8-. The van der Waals surface area contributed by atoms with Crippen LogP contribution in [0.1, 0.15) is 27.0 Å². The van der Waals surface area contributed by atoms with Gasteiger partial charge in [0, 0.05) is 17.6 Å². The molecule has 2 aromatic carbocycles. The molecule has 1 nitrogen and oxygen atoms in total. The van der Waals surface area contributed by atoms with Crippen LogP contribution in [-0.4, -0.2) is 5.78 Å². The van der Waals surface area contributed by atoms with E-state index >= 15 is 0 Å². The summed E-state index contributed by atoms with van der Waals surface area (Å²) in [6.45, 7) is 0. The minimum absolute atomic E-state index is 0.108. The monoisotopic (exact) mass is 288 g/mol. The maximum Gasteiger partial charge on any atom is 0.416 e. The van der Waals surface area contributed by atoms with Gasteiger partial charge in [-0.2, -0.15) is 13.2 Å². The van der Waals surface area contributed by atoms with Gasteiger partial charge in [-0.3, -0.25) is 4.79 Å². The minimum atomic E-state index is -4.38. The molecular formula is C17H11F3O. The SMILES string of the molecule is O=C1/C(=C\c2cccc(C(F)(F)F)c2)Cc2ccccc21. The first kappa shape index (κ1) is 13.6. The molecule has 0 amide bonds. The number of carbonyl (C=O) groups is 1. The molecule has 1 aliphatic carbocycles. The number of hydrogen-bond donors (Lipinski definition) is 0. The van der Waals surface area contributed by atoms with Gasteiger partial charge in [0.15, 0.2) is 5.78 Å².